The molecule has 0 N–H and O–H groups in total. The zero-order valence-electron chi connectivity index (χ0n) is 45.6. The molecule has 0 bridgehead atoms. The summed E-state index contributed by atoms with van der Waals surface area (Å²) in [7, 11) is 0. The number of hydrogen-bond donors (Lipinski definition) is 0. The summed E-state index contributed by atoms with van der Waals surface area (Å²) in [6, 6.07) is 0. The summed E-state index contributed by atoms with van der Waals surface area (Å²) in [5.41, 5.74) is 0. The van der Waals surface area contributed by atoms with Crippen molar-refractivity contribution in [3.05, 3.63) is 36.5 Å². The molecule has 0 spiro atoms. The van der Waals surface area contributed by atoms with Gasteiger partial charge in [0.25, 0.3) is 0 Å². The van der Waals surface area contributed by atoms with Crippen LogP contribution in [-0.2, 0) is 28.6 Å². The molecule has 1 unspecified atom stereocenters. The van der Waals surface area contributed by atoms with Gasteiger partial charge in [0.1, 0.15) is 13.2 Å². The van der Waals surface area contributed by atoms with E-state index < -0.39 is 6.10 Å². The van der Waals surface area contributed by atoms with Crippen LogP contribution in [0.4, 0.5) is 0 Å². The molecule has 0 aliphatic rings. The molecule has 0 saturated heterocycles. The molecular weight excluding hydrogens is 841 g/mol. The molecule has 0 aromatic carbocycles. The maximum absolute atomic E-state index is 12.8. The summed E-state index contributed by atoms with van der Waals surface area (Å²) < 4.78 is 16.9. The van der Waals surface area contributed by atoms with Crippen molar-refractivity contribution in [3.8, 4) is 0 Å². The van der Waals surface area contributed by atoms with Gasteiger partial charge >= 0.3 is 17.9 Å². The highest BCUT2D eigenvalue weighted by molar-refractivity contribution is 5.71. The minimum atomic E-state index is -0.772. The number of carbonyl (C=O) groups is 3. The first-order valence-electron chi connectivity index (χ1n) is 30.0. The maximum atomic E-state index is 12.8. The van der Waals surface area contributed by atoms with Gasteiger partial charge in [0, 0.05) is 19.3 Å². The fourth-order valence-electron chi connectivity index (χ4n) is 8.82. The Balaban J connectivity index is 4.20. The summed E-state index contributed by atoms with van der Waals surface area (Å²) in [4.78, 5) is 38.1. The standard InChI is InChI=1S/C62H114O6/c1-4-7-10-13-16-19-22-24-26-27-28-29-30-31-32-33-34-35-37-38-40-43-46-49-52-55-61(64)67-58-59(57-66-60(63)54-51-48-45-42-21-18-15-12-9-6-3)68-62(65)56-53-50-47-44-41-39-36-25-23-20-17-14-11-8-5-2/h22,24-25,27-28,36,59H,4-21,23,26,29-35,37-58H2,1-3H3/b24-22-,28-27-,36-25-. The molecule has 0 fully saturated rings. The third-order valence-corrected chi connectivity index (χ3v) is 13.4. The third-order valence-electron chi connectivity index (χ3n) is 13.4. The molecule has 0 rings (SSSR count). The van der Waals surface area contributed by atoms with Gasteiger partial charge in [0.2, 0.25) is 0 Å². The largest absolute Gasteiger partial charge is 0.462 e. The number of allylic oxidation sites excluding steroid dienone is 6. The van der Waals surface area contributed by atoms with Crippen LogP contribution in [-0.4, -0.2) is 37.2 Å². The van der Waals surface area contributed by atoms with Crippen LogP contribution in [0.2, 0.25) is 0 Å². The Kier molecular flexibility index (Phi) is 55.2. The molecule has 6 heteroatoms. The third kappa shape index (κ3) is 54.6. The van der Waals surface area contributed by atoms with Crippen LogP contribution in [0.5, 0.6) is 0 Å². The monoisotopic (exact) mass is 955 g/mol. The van der Waals surface area contributed by atoms with E-state index in [1.54, 1.807) is 0 Å². The molecule has 0 saturated carbocycles. The Morgan fingerprint density at radius 1 is 0.294 bits per heavy atom. The quantitative estimate of drug-likeness (QED) is 0.0262. The SMILES string of the molecule is CCCCCCC/C=C\C/C=C\CCCCCCCCCCCCCCCC(=O)OCC(COC(=O)CCCCCCCCCCCC)OC(=O)CCCCCCC/C=C\CCCCCCCC. The highest BCUT2D eigenvalue weighted by Crippen LogP contribution is 2.16. The van der Waals surface area contributed by atoms with Crippen LogP contribution in [0.25, 0.3) is 0 Å². The second-order valence-corrected chi connectivity index (χ2v) is 20.3. The van der Waals surface area contributed by atoms with Crippen molar-refractivity contribution in [1.82, 2.24) is 0 Å². The van der Waals surface area contributed by atoms with Gasteiger partial charge < -0.3 is 14.2 Å². The van der Waals surface area contributed by atoms with E-state index >= 15 is 0 Å². The average molecular weight is 956 g/mol. The van der Waals surface area contributed by atoms with Gasteiger partial charge in [-0.25, -0.2) is 0 Å². The number of unbranched alkanes of at least 4 members (excludes halogenated alkanes) is 38. The van der Waals surface area contributed by atoms with Crippen LogP contribution in [0.1, 0.15) is 323 Å². The lowest BCUT2D eigenvalue weighted by molar-refractivity contribution is -0.167. The van der Waals surface area contributed by atoms with Crippen molar-refractivity contribution in [2.75, 3.05) is 13.2 Å². The molecule has 6 nitrogen and oxygen atoms in total. The Bertz CT molecular complexity index is 1140. The van der Waals surface area contributed by atoms with E-state index in [1.165, 1.54) is 212 Å². The molecule has 68 heavy (non-hydrogen) atoms. The van der Waals surface area contributed by atoms with Crippen LogP contribution in [0.15, 0.2) is 36.5 Å². The first kappa shape index (κ1) is 65.6. The predicted molar refractivity (Wildman–Crippen MR) is 293 cm³/mol. The van der Waals surface area contributed by atoms with Crippen molar-refractivity contribution in [2.24, 2.45) is 0 Å². The number of esters is 3. The van der Waals surface area contributed by atoms with Crippen LogP contribution in [0.3, 0.4) is 0 Å². The Labute approximate surface area is 423 Å². The Morgan fingerprint density at radius 2 is 0.529 bits per heavy atom. The van der Waals surface area contributed by atoms with Gasteiger partial charge in [-0.1, -0.05) is 263 Å². The molecule has 0 aliphatic carbocycles. The fourth-order valence-corrected chi connectivity index (χ4v) is 8.82. The zero-order chi connectivity index (χ0) is 49.3. The van der Waals surface area contributed by atoms with E-state index in [0.29, 0.717) is 19.3 Å². The fraction of sp³-hybridized carbons (Fsp3) is 0.855. The summed E-state index contributed by atoms with van der Waals surface area (Å²) >= 11 is 0. The van der Waals surface area contributed by atoms with Gasteiger partial charge in [0.15, 0.2) is 6.10 Å². The van der Waals surface area contributed by atoms with Gasteiger partial charge in [-0.3, -0.25) is 14.4 Å². The minimum Gasteiger partial charge on any atom is -0.462 e. The number of hydrogen-bond acceptors (Lipinski definition) is 6. The predicted octanol–water partition coefficient (Wildman–Crippen LogP) is 20.0. The molecule has 398 valence electrons. The van der Waals surface area contributed by atoms with Crippen molar-refractivity contribution in [1.29, 1.82) is 0 Å². The lowest BCUT2D eigenvalue weighted by Gasteiger charge is -2.18. The normalized spacial score (nSPS) is 12.2. The summed E-state index contributed by atoms with van der Waals surface area (Å²) in [5, 5.41) is 0. The Hall–Kier alpha value is -2.37. The highest BCUT2D eigenvalue weighted by atomic mass is 16.6. The van der Waals surface area contributed by atoms with Crippen molar-refractivity contribution in [2.45, 2.75) is 329 Å². The van der Waals surface area contributed by atoms with E-state index in [-0.39, 0.29) is 31.1 Å². The Morgan fingerprint density at radius 3 is 0.824 bits per heavy atom. The first-order chi connectivity index (χ1) is 33.5. The van der Waals surface area contributed by atoms with E-state index in [0.717, 1.165) is 70.6 Å². The number of carbonyl (C=O) groups excluding carboxylic acids is 3. The van der Waals surface area contributed by atoms with Crippen molar-refractivity contribution < 1.29 is 28.6 Å². The van der Waals surface area contributed by atoms with E-state index in [1.807, 2.05) is 0 Å². The van der Waals surface area contributed by atoms with Crippen LogP contribution >= 0.6 is 0 Å². The smallest absolute Gasteiger partial charge is 0.306 e. The van der Waals surface area contributed by atoms with E-state index in [2.05, 4.69) is 57.2 Å². The number of ether oxygens (including phenoxy) is 3. The van der Waals surface area contributed by atoms with Gasteiger partial charge in [-0.2, -0.15) is 0 Å². The van der Waals surface area contributed by atoms with Crippen LogP contribution in [0, 0.1) is 0 Å². The summed E-state index contributed by atoms with van der Waals surface area (Å²) in [5.74, 6) is -0.866. The molecular formula is C62H114O6. The highest BCUT2D eigenvalue weighted by Gasteiger charge is 2.19. The molecule has 0 radical (unpaired) electrons. The molecule has 0 aromatic rings. The molecule has 0 amide bonds. The lowest BCUT2D eigenvalue weighted by Crippen LogP contribution is -2.30. The van der Waals surface area contributed by atoms with Crippen molar-refractivity contribution >= 4 is 17.9 Å². The summed E-state index contributed by atoms with van der Waals surface area (Å²) in [6.07, 6.45) is 68.6. The first-order valence-corrected chi connectivity index (χ1v) is 30.0. The van der Waals surface area contributed by atoms with E-state index in [9.17, 15) is 14.4 Å². The molecule has 0 aliphatic heterocycles. The van der Waals surface area contributed by atoms with Gasteiger partial charge in [0.05, 0.1) is 0 Å². The van der Waals surface area contributed by atoms with E-state index in [4.69, 9.17) is 14.2 Å². The molecule has 0 heterocycles. The topological polar surface area (TPSA) is 78.9 Å². The summed E-state index contributed by atoms with van der Waals surface area (Å²) in [6.45, 7) is 6.64. The van der Waals surface area contributed by atoms with Crippen molar-refractivity contribution in [3.63, 3.8) is 0 Å². The van der Waals surface area contributed by atoms with Gasteiger partial charge in [-0.15, -0.1) is 0 Å². The maximum Gasteiger partial charge on any atom is 0.306 e. The zero-order valence-corrected chi connectivity index (χ0v) is 45.6. The van der Waals surface area contributed by atoms with Gasteiger partial charge in [-0.05, 0) is 77.0 Å². The lowest BCUT2D eigenvalue weighted by atomic mass is 10.0. The average Bonchev–Trinajstić information content (AvgIpc) is 3.34. The second-order valence-electron chi connectivity index (χ2n) is 20.3. The minimum absolute atomic E-state index is 0.0718. The number of rotatable bonds is 55. The molecule has 1 atom stereocenters. The second kappa shape index (κ2) is 57.2. The van der Waals surface area contributed by atoms with Crippen LogP contribution < -0.4 is 0 Å². The molecule has 0 aromatic heterocycles.